The van der Waals surface area contributed by atoms with E-state index in [9.17, 15) is 9.59 Å². The van der Waals surface area contributed by atoms with Crippen LogP contribution in [0.25, 0.3) is 0 Å². The molecule has 0 fully saturated rings. The molecule has 0 unspecified atom stereocenters. The van der Waals surface area contributed by atoms with Crippen LogP contribution in [0.5, 0.6) is 0 Å². The summed E-state index contributed by atoms with van der Waals surface area (Å²) in [6.45, 7) is 4.50. The lowest BCUT2D eigenvalue weighted by Gasteiger charge is -2.19. The van der Waals surface area contributed by atoms with Crippen molar-refractivity contribution < 1.29 is 9.59 Å². The van der Waals surface area contributed by atoms with Gasteiger partial charge >= 0.3 is 0 Å². The highest BCUT2D eigenvalue weighted by atomic mass is 16.2. The average molecular weight is 279 g/mol. The van der Waals surface area contributed by atoms with E-state index in [-0.39, 0.29) is 5.78 Å². The van der Waals surface area contributed by atoms with Crippen molar-refractivity contribution in [1.29, 1.82) is 0 Å². The van der Waals surface area contributed by atoms with Gasteiger partial charge in [0.15, 0.2) is 0 Å². The van der Waals surface area contributed by atoms with Crippen LogP contribution in [0.4, 0.5) is 5.69 Å². The van der Waals surface area contributed by atoms with Crippen LogP contribution in [0.1, 0.15) is 27.0 Å². The van der Waals surface area contributed by atoms with E-state index < -0.39 is 5.91 Å². The van der Waals surface area contributed by atoms with Crippen molar-refractivity contribution in [2.24, 2.45) is 0 Å². The van der Waals surface area contributed by atoms with Crippen molar-refractivity contribution in [2.75, 3.05) is 11.4 Å². The molecule has 0 saturated carbocycles. The molecule has 106 valence electrons. The molecule has 3 nitrogen and oxygen atoms in total. The lowest BCUT2D eigenvalue weighted by molar-refractivity contribution is -0.114. The van der Waals surface area contributed by atoms with Gasteiger partial charge in [-0.3, -0.25) is 9.59 Å². The van der Waals surface area contributed by atoms with E-state index in [0.29, 0.717) is 12.1 Å². The van der Waals surface area contributed by atoms with E-state index in [4.69, 9.17) is 0 Å². The number of fused-ring (bicyclic) bond motifs is 1. The highest BCUT2D eigenvalue weighted by Crippen LogP contribution is 2.34. The topological polar surface area (TPSA) is 37.4 Å². The van der Waals surface area contributed by atoms with Crippen LogP contribution >= 0.6 is 0 Å². The molecule has 0 radical (unpaired) electrons. The Bertz CT molecular complexity index is 719. The summed E-state index contributed by atoms with van der Waals surface area (Å²) in [5.41, 5.74) is 4.61. The Morgan fingerprint density at radius 3 is 2.38 bits per heavy atom. The van der Waals surface area contributed by atoms with Crippen LogP contribution in [-0.2, 0) is 11.2 Å². The molecule has 21 heavy (non-hydrogen) atoms. The van der Waals surface area contributed by atoms with Crippen LogP contribution < -0.4 is 4.90 Å². The van der Waals surface area contributed by atoms with Crippen LogP contribution in [-0.4, -0.2) is 18.2 Å². The van der Waals surface area contributed by atoms with Crippen molar-refractivity contribution in [3.63, 3.8) is 0 Å². The van der Waals surface area contributed by atoms with Crippen molar-refractivity contribution in [3.05, 3.63) is 64.7 Å². The number of rotatable bonds is 3. The minimum absolute atomic E-state index is 0.388. The zero-order chi connectivity index (χ0) is 15.0. The maximum Gasteiger partial charge on any atom is 0.299 e. The molecule has 3 heteroatoms. The van der Waals surface area contributed by atoms with Gasteiger partial charge in [0.25, 0.3) is 11.7 Å². The second-order valence-corrected chi connectivity index (χ2v) is 5.43. The largest absolute Gasteiger partial charge is 0.304 e. The molecular formula is C18H17NO2. The quantitative estimate of drug-likeness (QED) is 0.810. The maximum absolute atomic E-state index is 12.2. The second-order valence-electron chi connectivity index (χ2n) is 5.43. The number of hydrogen-bond acceptors (Lipinski definition) is 2. The number of carbonyl (C=O) groups is 2. The number of nitrogens with zero attached hydrogens (tertiary/aromatic N) is 1. The molecule has 2 aromatic rings. The van der Waals surface area contributed by atoms with E-state index in [1.54, 1.807) is 11.0 Å². The molecule has 1 aliphatic heterocycles. The predicted molar refractivity (Wildman–Crippen MR) is 82.7 cm³/mol. The van der Waals surface area contributed by atoms with Gasteiger partial charge in [-0.05, 0) is 43.0 Å². The van der Waals surface area contributed by atoms with E-state index in [1.165, 1.54) is 0 Å². The summed E-state index contributed by atoms with van der Waals surface area (Å²) < 4.78 is 0. The molecular weight excluding hydrogens is 262 g/mol. The molecule has 0 aliphatic carbocycles. The van der Waals surface area contributed by atoms with Gasteiger partial charge < -0.3 is 4.90 Å². The van der Waals surface area contributed by atoms with Crippen LogP contribution in [0.3, 0.4) is 0 Å². The Morgan fingerprint density at radius 2 is 1.67 bits per heavy atom. The molecule has 0 atom stereocenters. The molecule has 0 spiro atoms. The smallest absolute Gasteiger partial charge is 0.299 e. The number of benzene rings is 2. The van der Waals surface area contributed by atoms with Gasteiger partial charge in [-0.25, -0.2) is 0 Å². The monoisotopic (exact) mass is 279 g/mol. The molecule has 0 saturated heterocycles. The van der Waals surface area contributed by atoms with E-state index in [0.717, 1.165) is 28.8 Å². The van der Waals surface area contributed by atoms with Crippen molar-refractivity contribution >= 4 is 17.4 Å². The Labute approximate surface area is 124 Å². The summed E-state index contributed by atoms with van der Waals surface area (Å²) in [5.74, 6) is -0.796. The number of Topliss-reactive ketones (excluding diaryl/α,β-unsaturated/α-hetero) is 1. The highest BCUT2D eigenvalue weighted by Gasteiger charge is 2.36. The van der Waals surface area contributed by atoms with Gasteiger partial charge in [-0.1, -0.05) is 36.4 Å². The first-order valence-electron chi connectivity index (χ1n) is 7.10. The highest BCUT2D eigenvalue weighted by molar-refractivity contribution is 6.52. The summed E-state index contributed by atoms with van der Waals surface area (Å²) in [4.78, 5) is 25.9. The first-order chi connectivity index (χ1) is 10.1. The fraction of sp³-hybridized carbons (Fsp3) is 0.222. The van der Waals surface area contributed by atoms with E-state index in [1.807, 2.05) is 50.2 Å². The summed E-state index contributed by atoms with van der Waals surface area (Å²) in [5, 5.41) is 0. The molecule has 3 rings (SSSR count). The third kappa shape index (κ3) is 2.25. The number of amides is 1. The summed E-state index contributed by atoms with van der Waals surface area (Å²) in [7, 11) is 0. The standard InChI is InChI=1S/C18H17NO2/c1-12-8-9-15-16(13(12)2)19(18(21)17(15)20)11-10-14-6-4-3-5-7-14/h3-9H,10-11H2,1-2H3. The number of anilines is 1. The SMILES string of the molecule is Cc1ccc2c(c1C)N(CCc1ccccc1)C(=O)C2=O. The summed E-state index contributed by atoms with van der Waals surface area (Å²) in [6.07, 6.45) is 0.743. The second kappa shape index (κ2) is 5.17. The Hall–Kier alpha value is -2.42. The number of aryl methyl sites for hydroxylation is 1. The van der Waals surface area contributed by atoms with Gasteiger partial charge in [0.2, 0.25) is 0 Å². The number of carbonyl (C=O) groups excluding carboxylic acids is 2. The zero-order valence-corrected chi connectivity index (χ0v) is 12.2. The van der Waals surface area contributed by atoms with Gasteiger partial charge in [-0.15, -0.1) is 0 Å². The zero-order valence-electron chi connectivity index (χ0n) is 12.2. The molecule has 0 bridgehead atoms. The Morgan fingerprint density at radius 1 is 0.952 bits per heavy atom. The molecule has 1 amide bonds. The Kier molecular flexibility index (Phi) is 3.34. The third-order valence-corrected chi connectivity index (χ3v) is 4.12. The predicted octanol–water partition coefficient (Wildman–Crippen LogP) is 3.08. The molecule has 0 N–H and O–H groups in total. The average Bonchev–Trinajstić information content (AvgIpc) is 2.75. The molecule has 2 aromatic carbocycles. The first-order valence-corrected chi connectivity index (χ1v) is 7.10. The third-order valence-electron chi connectivity index (χ3n) is 4.12. The lowest BCUT2D eigenvalue weighted by Crippen LogP contribution is -2.32. The number of ketones is 1. The van der Waals surface area contributed by atoms with Gasteiger partial charge in [-0.2, -0.15) is 0 Å². The van der Waals surface area contributed by atoms with Crippen LogP contribution in [0.2, 0.25) is 0 Å². The summed E-state index contributed by atoms with van der Waals surface area (Å²) >= 11 is 0. The molecule has 1 heterocycles. The molecule has 0 aromatic heterocycles. The minimum Gasteiger partial charge on any atom is -0.304 e. The summed E-state index contributed by atoms with van der Waals surface area (Å²) in [6, 6.07) is 13.7. The van der Waals surface area contributed by atoms with Crippen molar-refractivity contribution in [2.45, 2.75) is 20.3 Å². The lowest BCUT2D eigenvalue weighted by atomic mass is 10.0. The Balaban J connectivity index is 1.92. The fourth-order valence-corrected chi connectivity index (χ4v) is 2.77. The van der Waals surface area contributed by atoms with Gasteiger partial charge in [0, 0.05) is 6.54 Å². The normalized spacial score (nSPS) is 13.7. The molecule has 1 aliphatic rings. The van der Waals surface area contributed by atoms with Gasteiger partial charge in [0.1, 0.15) is 0 Å². The van der Waals surface area contributed by atoms with E-state index >= 15 is 0 Å². The fourth-order valence-electron chi connectivity index (χ4n) is 2.77. The van der Waals surface area contributed by atoms with Crippen LogP contribution in [0, 0.1) is 13.8 Å². The number of hydrogen-bond donors (Lipinski definition) is 0. The van der Waals surface area contributed by atoms with Crippen molar-refractivity contribution in [3.8, 4) is 0 Å². The van der Waals surface area contributed by atoms with Crippen LogP contribution in [0.15, 0.2) is 42.5 Å². The minimum atomic E-state index is -0.408. The van der Waals surface area contributed by atoms with Crippen molar-refractivity contribution in [1.82, 2.24) is 0 Å². The van der Waals surface area contributed by atoms with E-state index in [2.05, 4.69) is 0 Å². The van der Waals surface area contributed by atoms with Gasteiger partial charge in [0.05, 0.1) is 11.3 Å². The first kappa shape index (κ1) is 13.6. The maximum atomic E-state index is 12.2.